The van der Waals surface area contributed by atoms with Crippen LogP contribution in [0.3, 0.4) is 0 Å². The van der Waals surface area contributed by atoms with E-state index in [1.165, 1.54) is 51.4 Å². The lowest BCUT2D eigenvalue weighted by Crippen LogP contribution is -2.29. The van der Waals surface area contributed by atoms with Crippen LogP contribution in [0.2, 0.25) is 0 Å². The van der Waals surface area contributed by atoms with E-state index < -0.39 is 9.84 Å². The van der Waals surface area contributed by atoms with Crippen molar-refractivity contribution in [1.82, 2.24) is 5.32 Å². The van der Waals surface area contributed by atoms with Gasteiger partial charge in [-0.2, -0.15) is 0 Å². The molecule has 3 nitrogen and oxygen atoms in total. The van der Waals surface area contributed by atoms with Crippen LogP contribution < -0.4 is 5.32 Å². The Kier molecular flexibility index (Phi) is 9.57. The van der Waals surface area contributed by atoms with Crippen LogP contribution in [0.4, 0.5) is 0 Å². The van der Waals surface area contributed by atoms with Crippen molar-refractivity contribution in [1.29, 1.82) is 0 Å². The summed E-state index contributed by atoms with van der Waals surface area (Å²) in [6.45, 7) is 6.34. The minimum Gasteiger partial charge on any atom is -0.317 e. The second-order valence-corrected chi connectivity index (χ2v) is 8.87. The van der Waals surface area contributed by atoms with Crippen LogP contribution in [-0.4, -0.2) is 33.0 Å². The van der Waals surface area contributed by atoms with Gasteiger partial charge in [0, 0.05) is 0 Å². The van der Waals surface area contributed by atoms with Crippen LogP contribution in [-0.2, 0) is 9.84 Å². The highest BCUT2D eigenvalue weighted by atomic mass is 32.2. The smallest absolute Gasteiger partial charge is 0.150 e. The van der Waals surface area contributed by atoms with Gasteiger partial charge < -0.3 is 5.32 Å². The highest BCUT2D eigenvalue weighted by Crippen LogP contribution is 2.29. The van der Waals surface area contributed by atoms with Crippen molar-refractivity contribution >= 4 is 9.84 Å². The molecule has 1 N–H and O–H groups in total. The van der Waals surface area contributed by atoms with Gasteiger partial charge >= 0.3 is 0 Å². The third-order valence-corrected chi connectivity index (χ3v) is 6.56. The molecule has 2 atom stereocenters. The number of hydrogen-bond acceptors (Lipinski definition) is 3. The minimum absolute atomic E-state index is 0.397. The molecule has 1 aliphatic heterocycles. The molecule has 0 amide bonds. The normalized spacial score (nSPS) is 22.5. The van der Waals surface area contributed by atoms with E-state index in [4.69, 9.17) is 0 Å². The Balaban J connectivity index is 2.24. The van der Waals surface area contributed by atoms with Gasteiger partial charge in [-0.1, -0.05) is 58.8 Å². The lowest BCUT2D eigenvalue weighted by molar-refractivity contribution is 0.316. The van der Waals surface area contributed by atoms with E-state index in [9.17, 15) is 8.42 Å². The first kappa shape index (κ1) is 19.0. The number of sulfone groups is 1. The van der Waals surface area contributed by atoms with E-state index >= 15 is 0 Å². The predicted molar refractivity (Wildman–Crippen MR) is 91.4 cm³/mol. The molecule has 0 aromatic heterocycles. The fourth-order valence-electron chi connectivity index (χ4n) is 3.39. The molecule has 0 aromatic carbocycles. The van der Waals surface area contributed by atoms with E-state index in [1.54, 1.807) is 0 Å². The van der Waals surface area contributed by atoms with Crippen molar-refractivity contribution in [3.8, 4) is 0 Å². The summed E-state index contributed by atoms with van der Waals surface area (Å²) < 4.78 is 23.4. The monoisotopic (exact) mass is 317 g/mol. The minimum atomic E-state index is -2.74. The highest BCUT2D eigenvalue weighted by molar-refractivity contribution is 7.91. The maximum atomic E-state index is 11.7. The highest BCUT2D eigenvalue weighted by Gasteiger charge is 2.32. The van der Waals surface area contributed by atoms with E-state index in [2.05, 4.69) is 19.2 Å². The second-order valence-electron chi connectivity index (χ2n) is 6.64. The summed E-state index contributed by atoms with van der Waals surface area (Å²) in [7, 11) is -2.74. The number of unbranched alkanes of at least 4 members (excludes halogenated alkanes) is 6. The molecule has 1 fully saturated rings. The number of nitrogens with one attached hydrogen (secondary N) is 1. The van der Waals surface area contributed by atoms with Crippen molar-refractivity contribution in [2.75, 3.05) is 24.6 Å². The van der Waals surface area contributed by atoms with Gasteiger partial charge in [0.2, 0.25) is 0 Å². The molecule has 0 saturated carbocycles. The van der Waals surface area contributed by atoms with Crippen LogP contribution in [0.1, 0.15) is 71.6 Å². The summed E-state index contributed by atoms with van der Waals surface area (Å²) in [4.78, 5) is 0. The zero-order valence-corrected chi connectivity index (χ0v) is 14.9. The van der Waals surface area contributed by atoms with Gasteiger partial charge in [-0.05, 0) is 37.8 Å². The van der Waals surface area contributed by atoms with Gasteiger partial charge in [-0.3, -0.25) is 0 Å². The fraction of sp³-hybridized carbons (Fsp3) is 1.00. The summed E-state index contributed by atoms with van der Waals surface area (Å²) in [6, 6.07) is 0. The van der Waals surface area contributed by atoms with Crippen LogP contribution in [0, 0.1) is 11.8 Å². The average molecular weight is 318 g/mol. The van der Waals surface area contributed by atoms with Crippen molar-refractivity contribution in [3.05, 3.63) is 0 Å². The van der Waals surface area contributed by atoms with Gasteiger partial charge in [0.1, 0.15) is 0 Å². The molecule has 1 aliphatic rings. The summed E-state index contributed by atoms with van der Waals surface area (Å²) in [6.07, 6.45) is 11.4. The lowest BCUT2D eigenvalue weighted by Gasteiger charge is -2.23. The van der Waals surface area contributed by atoms with Crippen LogP contribution in [0.25, 0.3) is 0 Å². The molecule has 2 unspecified atom stereocenters. The molecular weight excluding hydrogens is 282 g/mol. The molecule has 4 heteroatoms. The zero-order chi connectivity index (χ0) is 15.6. The van der Waals surface area contributed by atoms with Crippen LogP contribution in [0.5, 0.6) is 0 Å². The van der Waals surface area contributed by atoms with E-state index in [-0.39, 0.29) is 0 Å². The molecule has 0 radical (unpaired) electrons. The Hall–Kier alpha value is -0.0900. The topological polar surface area (TPSA) is 46.2 Å². The lowest BCUT2D eigenvalue weighted by atomic mass is 9.87. The first-order chi connectivity index (χ1) is 10.1. The third kappa shape index (κ3) is 8.20. The first-order valence-electron chi connectivity index (χ1n) is 9.00. The van der Waals surface area contributed by atoms with Crippen molar-refractivity contribution < 1.29 is 8.42 Å². The zero-order valence-electron chi connectivity index (χ0n) is 14.1. The van der Waals surface area contributed by atoms with Crippen molar-refractivity contribution in [3.63, 3.8) is 0 Å². The van der Waals surface area contributed by atoms with Crippen molar-refractivity contribution in [2.24, 2.45) is 11.8 Å². The molecule has 0 bridgehead atoms. The molecule has 126 valence electrons. The standard InChI is InChI=1S/C17H35NO2S/c1-3-5-6-7-8-9-10-11-16(14-18-4-2)17-12-13-21(19,20)15-17/h16-18H,3-15H2,1-2H3. The summed E-state index contributed by atoms with van der Waals surface area (Å²) >= 11 is 0. The Morgan fingerprint density at radius 1 is 1.05 bits per heavy atom. The Labute approximate surface area is 132 Å². The van der Waals surface area contributed by atoms with E-state index in [0.29, 0.717) is 23.3 Å². The molecule has 1 heterocycles. The maximum absolute atomic E-state index is 11.7. The molecule has 0 spiro atoms. The Morgan fingerprint density at radius 3 is 2.29 bits per heavy atom. The Bertz CT molecular complexity index is 354. The summed E-state index contributed by atoms with van der Waals surface area (Å²) in [5.74, 6) is 1.80. The third-order valence-electron chi connectivity index (χ3n) is 4.77. The molecule has 1 saturated heterocycles. The number of rotatable bonds is 12. The molecule has 21 heavy (non-hydrogen) atoms. The number of hydrogen-bond donors (Lipinski definition) is 1. The largest absolute Gasteiger partial charge is 0.317 e. The van der Waals surface area contributed by atoms with Gasteiger partial charge in [0.05, 0.1) is 11.5 Å². The molecule has 1 rings (SSSR count). The van der Waals surface area contributed by atoms with E-state index in [1.807, 2.05) is 0 Å². The van der Waals surface area contributed by atoms with Crippen molar-refractivity contribution in [2.45, 2.75) is 71.6 Å². The van der Waals surface area contributed by atoms with E-state index in [0.717, 1.165) is 19.5 Å². The molecule has 0 aliphatic carbocycles. The Morgan fingerprint density at radius 2 is 1.71 bits per heavy atom. The maximum Gasteiger partial charge on any atom is 0.150 e. The average Bonchev–Trinajstić information content (AvgIpc) is 2.81. The van der Waals surface area contributed by atoms with Crippen LogP contribution >= 0.6 is 0 Å². The van der Waals surface area contributed by atoms with Gasteiger partial charge in [-0.15, -0.1) is 0 Å². The molecule has 0 aromatic rings. The van der Waals surface area contributed by atoms with Gasteiger partial charge in [-0.25, -0.2) is 8.42 Å². The van der Waals surface area contributed by atoms with Crippen LogP contribution in [0.15, 0.2) is 0 Å². The SMILES string of the molecule is CCCCCCCCCC(CNCC)C1CCS(=O)(=O)C1. The quantitative estimate of drug-likeness (QED) is 0.557. The predicted octanol–water partition coefficient (Wildman–Crippen LogP) is 3.79. The fourth-order valence-corrected chi connectivity index (χ4v) is 5.31. The van der Waals surface area contributed by atoms with Gasteiger partial charge in [0.15, 0.2) is 9.84 Å². The summed E-state index contributed by atoms with van der Waals surface area (Å²) in [5.41, 5.74) is 0. The van der Waals surface area contributed by atoms with Gasteiger partial charge in [0.25, 0.3) is 0 Å². The first-order valence-corrected chi connectivity index (χ1v) is 10.8. The molecular formula is C17H35NO2S. The second kappa shape index (κ2) is 10.6. The summed E-state index contributed by atoms with van der Waals surface area (Å²) in [5, 5.41) is 3.43.